The van der Waals surface area contributed by atoms with Crippen LogP contribution in [0, 0.1) is 11.3 Å². The second-order valence-electron chi connectivity index (χ2n) is 5.62. The van der Waals surface area contributed by atoms with Crippen molar-refractivity contribution in [2.75, 3.05) is 6.54 Å². The number of aliphatic carboxylic acids is 1. The van der Waals surface area contributed by atoms with E-state index >= 15 is 0 Å². The van der Waals surface area contributed by atoms with Crippen LogP contribution in [-0.2, 0) is 14.3 Å². The van der Waals surface area contributed by atoms with Crippen molar-refractivity contribution < 1.29 is 19.4 Å². The van der Waals surface area contributed by atoms with E-state index in [-0.39, 0.29) is 30.6 Å². The third kappa shape index (κ3) is 2.44. The largest absolute Gasteiger partial charge is 0.481 e. The van der Waals surface area contributed by atoms with E-state index in [1.54, 1.807) is 13.8 Å². The quantitative estimate of drug-likeness (QED) is 0.762. The highest BCUT2D eigenvalue weighted by Gasteiger charge is 2.44. The molecule has 5 nitrogen and oxygen atoms in total. The van der Waals surface area contributed by atoms with E-state index in [1.807, 2.05) is 0 Å². The van der Waals surface area contributed by atoms with Gasteiger partial charge in [0.05, 0.1) is 23.5 Å². The smallest absolute Gasteiger partial charge is 0.310 e. The molecule has 2 aliphatic rings. The first kappa shape index (κ1) is 12.4. The lowest BCUT2D eigenvalue weighted by atomic mass is 9.88. The molecule has 2 heterocycles. The van der Waals surface area contributed by atoms with Crippen molar-refractivity contribution in [2.24, 2.45) is 11.3 Å². The maximum absolute atomic E-state index is 11.9. The fourth-order valence-corrected chi connectivity index (χ4v) is 2.43. The Kier molecular flexibility index (Phi) is 3.12. The van der Waals surface area contributed by atoms with Gasteiger partial charge in [-0.1, -0.05) is 0 Å². The van der Waals surface area contributed by atoms with Crippen LogP contribution in [0.3, 0.4) is 0 Å². The summed E-state index contributed by atoms with van der Waals surface area (Å²) in [7, 11) is 0. The molecule has 2 fully saturated rings. The maximum atomic E-state index is 11.9. The molecule has 2 rings (SSSR count). The molecule has 3 unspecified atom stereocenters. The first-order chi connectivity index (χ1) is 7.90. The second-order valence-corrected chi connectivity index (χ2v) is 5.62. The molecule has 1 amide bonds. The van der Waals surface area contributed by atoms with Crippen LogP contribution >= 0.6 is 0 Å². The summed E-state index contributed by atoms with van der Waals surface area (Å²) in [6, 6.07) is 0. The number of nitrogens with one attached hydrogen (secondary N) is 1. The lowest BCUT2D eigenvalue weighted by Crippen LogP contribution is -2.43. The van der Waals surface area contributed by atoms with Gasteiger partial charge in [-0.3, -0.25) is 9.59 Å². The summed E-state index contributed by atoms with van der Waals surface area (Å²) in [4.78, 5) is 22.8. The van der Waals surface area contributed by atoms with Crippen LogP contribution < -0.4 is 5.32 Å². The first-order valence-electron chi connectivity index (χ1n) is 6.07. The van der Waals surface area contributed by atoms with Crippen LogP contribution in [0.2, 0.25) is 0 Å². The van der Waals surface area contributed by atoms with Gasteiger partial charge in [0.2, 0.25) is 5.91 Å². The van der Waals surface area contributed by atoms with Gasteiger partial charge in [-0.15, -0.1) is 0 Å². The number of rotatable bonds is 4. The molecule has 2 aliphatic heterocycles. The third-order valence-corrected chi connectivity index (χ3v) is 3.73. The number of ether oxygens (including phenoxy) is 1. The Morgan fingerprint density at radius 1 is 1.41 bits per heavy atom. The number of carbonyl (C=O) groups is 2. The molecule has 0 aromatic rings. The van der Waals surface area contributed by atoms with Crippen LogP contribution in [0.15, 0.2) is 0 Å². The molecule has 0 radical (unpaired) electrons. The first-order valence-corrected chi connectivity index (χ1v) is 6.07. The van der Waals surface area contributed by atoms with E-state index in [4.69, 9.17) is 9.84 Å². The van der Waals surface area contributed by atoms with Gasteiger partial charge < -0.3 is 15.2 Å². The van der Waals surface area contributed by atoms with Crippen molar-refractivity contribution in [2.45, 2.75) is 45.3 Å². The Morgan fingerprint density at radius 3 is 2.59 bits per heavy atom. The molecular formula is C12H19NO4. The molecule has 96 valence electrons. The molecule has 3 atom stereocenters. The zero-order valence-corrected chi connectivity index (χ0v) is 10.2. The fourth-order valence-electron chi connectivity index (χ4n) is 2.43. The summed E-state index contributed by atoms with van der Waals surface area (Å²) in [5, 5.41) is 11.7. The molecule has 0 aliphatic carbocycles. The maximum Gasteiger partial charge on any atom is 0.310 e. The van der Waals surface area contributed by atoms with Gasteiger partial charge in [-0.05, 0) is 33.1 Å². The molecule has 17 heavy (non-hydrogen) atoms. The van der Waals surface area contributed by atoms with Crippen molar-refractivity contribution in [3.8, 4) is 0 Å². The molecule has 0 spiro atoms. The van der Waals surface area contributed by atoms with Crippen molar-refractivity contribution in [3.05, 3.63) is 0 Å². The molecule has 2 N–H and O–H groups in total. The highest BCUT2D eigenvalue weighted by atomic mass is 16.5. The molecule has 5 heteroatoms. The van der Waals surface area contributed by atoms with Crippen LogP contribution in [0.5, 0.6) is 0 Å². The van der Waals surface area contributed by atoms with Crippen LogP contribution in [0.4, 0.5) is 0 Å². The van der Waals surface area contributed by atoms with E-state index in [2.05, 4.69) is 5.32 Å². The van der Waals surface area contributed by atoms with Crippen molar-refractivity contribution in [1.82, 2.24) is 5.32 Å². The van der Waals surface area contributed by atoms with E-state index in [9.17, 15) is 9.59 Å². The molecule has 0 saturated carbocycles. The fraction of sp³-hybridized carbons (Fsp3) is 0.833. The number of hydrogen-bond donors (Lipinski definition) is 2. The molecule has 2 saturated heterocycles. The van der Waals surface area contributed by atoms with Crippen molar-refractivity contribution in [3.63, 3.8) is 0 Å². The zero-order chi connectivity index (χ0) is 12.6. The molecule has 0 aromatic carbocycles. The second kappa shape index (κ2) is 4.29. The normalized spacial score (nSPS) is 31.5. The van der Waals surface area contributed by atoms with Gasteiger partial charge in [0, 0.05) is 6.54 Å². The van der Waals surface area contributed by atoms with Gasteiger partial charge in [-0.2, -0.15) is 0 Å². The standard InChI is InChI=1S/C12H19NO4/c1-12(2,11(15)16)6-13-10(14)8-5-7-3-4-9(8)17-7/h7-9H,3-6H2,1-2H3,(H,13,14)(H,15,16). The number of fused-ring (bicyclic) bond motifs is 2. The van der Waals surface area contributed by atoms with Crippen LogP contribution in [0.1, 0.15) is 33.1 Å². The van der Waals surface area contributed by atoms with Gasteiger partial charge in [0.25, 0.3) is 0 Å². The highest BCUT2D eigenvalue weighted by molar-refractivity contribution is 5.81. The van der Waals surface area contributed by atoms with E-state index in [0.29, 0.717) is 0 Å². The number of carbonyl (C=O) groups excluding carboxylic acids is 1. The average Bonchev–Trinajstić information content (AvgIpc) is 2.87. The lowest BCUT2D eigenvalue weighted by Gasteiger charge is -2.23. The summed E-state index contributed by atoms with van der Waals surface area (Å²) >= 11 is 0. The molecular weight excluding hydrogens is 222 g/mol. The van der Waals surface area contributed by atoms with Crippen molar-refractivity contribution in [1.29, 1.82) is 0 Å². The number of carboxylic acid groups (broad SMARTS) is 1. The number of carboxylic acids is 1. The molecule has 0 aromatic heterocycles. The van der Waals surface area contributed by atoms with Gasteiger partial charge >= 0.3 is 5.97 Å². The number of hydrogen-bond acceptors (Lipinski definition) is 3. The highest BCUT2D eigenvalue weighted by Crippen LogP contribution is 2.38. The minimum atomic E-state index is -0.922. The summed E-state index contributed by atoms with van der Waals surface area (Å²) in [6.07, 6.45) is 3.07. The Bertz CT molecular complexity index is 339. The Hall–Kier alpha value is -1.10. The van der Waals surface area contributed by atoms with Gasteiger partial charge in [0.15, 0.2) is 0 Å². The topological polar surface area (TPSA) is 75.6 Å². The van der Waals surface area contributed by atoms with E-state index < -0.39 is 11.4 Å². The SMILES string of the molecule is CC(C)(CNC(=O)C1CC2CCC1O2)C(=O)O. The summed E-state index contributed by atoms with van der Waals surface area (Å²) in [6.45, 7) is 3.37. The Labute approximate surface area is 101 Å². The minimum Gasteiger partial charge on any atom is -0.481 e. The van der Waals surface area contributed by atoms with E-state index in [0.717, 1.165) is 19.3 Å². The zero-order valence-electron chi connectivity index (χ0n) is 10.2. The Morgan fingerprint density at radius 2 is 2.12 bits per heavy atom. The molecule has 2 bridgehead atoms. The van der Waals surface area contributed by atoms with Gasteiger partial charge in [0.1, 0.15) is 0 Å². The number of amides is 1. The summed E-state index contributed by atoms with van der Waals surface area (Å²) < 4.78 is 5.61. The average molecular weight is 241 g/mol. The van der Waals surface area contributed by atoms with Gasteiger partial charge in [-0.25, -0.2) is 0 Å². The van der Waals surface area contributed by atoms with Crippen LogP contribution in [0.25, 0.3) is 0 Å². The van der Waals surface area contributed by atoms with Crippen molar-refractivity contribution >= 4 is 11.9 Å². The van der Waals surface area contributed by atoms with Crippen LogP contribution in [-0.4, -0.2) is 35.7 Å². The lowest BCUT2D eigenvalue weighted by molar-refractivity contribution is -0.146. The third-order valence-electron chi connectivity index (χ3n) is 3.73. The monoisotopic (exact) mass is 241 g/mol. The Balaban J connectivity index is 1.84. The predicted molar refractivity (Wildman–Crippen MR) is 60.4 cm³/mol. The summed E-state index contributed by atoms with van der Waals surface area (Å²) in [5.41, 5.74) is -0.922. The minimum absolute atomic E-state index is 0.0490. The summed E-state index contributed by atoms with van der Waals surface area (Å²) in [5.74, 6) is -1.05. The van der Waals surface area contributed by atoms with E-state index in [1.165, 1.54) is 0 Å². The predicted octanol–water partition coefficient (Wildman–Crippen LogP) is 0.781.